The molecule has 2 atom stereocenters. The van der Waals surface area contributed by atoms with Crippen molar-refractivity contribution in [2.45, 2.75) is 6.42 Å². The Bertz CT molecular complexity index is 196. The largest absolute Gasteiger partial charge is 0.381 e. The van der Waals surface area contributed by atoms with Gasteiger partial charge in [0.15, 0.2) is 0 Å². The molecule has 2 aliphatic rings. The van der Waals surface area contributed by atoms with Gasteiger partial charge >= 0.3 is 0 Å². The van der Waals surface area contributed by atoms with Gasteiger partial charge in [-0.25, -0.2) is 0 Å². The van der Waals surface area contributed by atoms with Crippen molar-refractivity contribution in [1.29, 1.82) is 0 Å². The number of hydrogen-bond acceptors (Lipinski definition) is 3. The van der Waals surface area contributed by atoms with Crippen molar-refractivity contribution in [2.24, 2.45) is 17.6 Å². The lowest BCUT2D eigenvalue weighted by atomic mass is 10.0. The Kier molecular flexibility index (Phi) is 2.51. The number of fused-ring (bicyclic) bond motifs is 1. The summed E-state index contributed by atoms with van der Waals surface area (Å²) in [5.41, 5.74) is 5.34. The quantitative estimate of drug-likeness (QED) is 0.626. The lowest BCUT2D eigenvalue weighted by Gasteiger charge is -2.16. The molecule has 0 aromatic heterocycles. The minimum atomic E-state index is 0.205. The van der Waals surface area contributed by atoms with E-state index < -0.39 is 0 Å². The Morgan fingerprint density at radius 1 is 1.38 bits per heavy atom. The van der Waals surface area contributed by atoms with E-state index in [-0.39, 0.29) is 5.91 Å². The normalized spacial score (nSPS) is 32.2. The number of carbonyl (C=O) groups is 1. The summed E-state index contributed by atoms with van der Waals surface area (Å²) in [5.74, 6) is 1.38. The summed E-state index contributed by atoms with van der Waals surface area (Å²) in [4.78, 5) is 13.4. The fraction of sp³-hybridized carbons (Fsp3) is 0.889. The van der Waals surface area contributed by atoms with Gasteiger partial charge in [0, 0.05) is 37.9 Å². The molecular weight excluding hydrogens is 168 g/mol. The summed E-state index contributed by atoms with van der Waals surface area (Å²) in [7, 11) is 0. The first-order chi connectivity index (χ1) is 6.31. The Morgan fingerprint density at radius 3 is 2.54 bits per heavy atom. The van der Waals surface area contributed by atoms with Crippen LogP contribution >= 0.6 is 0 Å². The second kappa shape index (κ2) is 3.64. The molecule has 0 saturated carbocycles. The van der Waals surface area contributed by atoms with Crippen LogP contribution in [0.4, 0.5) is 0 Å². The van der Waals surface area contributed by atoms with Crippen molar-refractivity contribution in [3.63, 3.8) is 0 Å². The van der Waals surface area contributed by atoms with E-state index in [4.69, 9.17) is 10.5 Å². The Hall–Kier alpha value is -0.610. The number of amides is 1. The van der Waals surface area contributed by atoms with E-state index in [9.17, 15) is 4.79 Å². The van der Waals surface area contributed by atoms with E-state index in [1.807, 2.05) is 4.90 Å². The zero-order valence-electron chi connectivity index (χ0n) is 7.74. The Balaban J connectivity index is 1.87. The van der Waals surface area contributed by atoms with Crippen LogP contribution in [0.2, 0.25) is 0 Å². The van der Waals surface area contributed by atoms with Crippen LogP contribution in [-0.4, -0.2) is 43.7 Å². The number of carbonyl (C=O) groups excluding carboxylic acids is 1. The van der Waals surface area contributed by atoms with Crippen LogP contribution in [0, 0.1) is 11.8 Å². The fourth-order valence-electron chi connectivity index (χ4n) is 2.17. The molecule has 2 aliphatic heterocycles. The summed E-state index contributed by atoms with van der Waals surface area (Å²) < 4.78 is 5.34. The number of nitrogens with zero attached hydrogens (tertiary/aromatic N) is 1. The molecule has 2 fully saturated rings. The van der Waals surface area contributed by atoms with Gasteiger partial charge in [0.05, 0.1) is 13.2 Å². The SMILES string of the molecule is NCCC(=O)N1C[C@H]2COC[C@@H]2C1. The second-order valence-electron chi connectivity index (χ2n) is 3.90. The first-order valence-electron chi connectivity index (χ1n) is 4.87. The summed E-state index contributed by atoms with van der Waals surface area (Å²) in [6.45, 7) is 3.88. The monoisotopic (exact) mass is 184 g/mol. The van der Waals surface area contributed by atoms with Gasteiger partial charge in [0.2, 0.25) is 5.91 Å². The first-order valence-corrected chi connectivity index (χ1v) is 4.87. The topological polar surface area (TPSA) is 55.6 Å². The highest BCUT2D eigenvalue weighted by molar-refractivity contribution is 5.76. The van der Waals surface area contributed by atoms with Crippen molar-refractivity contribution < 1.29 is 9.53 Å². The van der Waals surface area contributed by atoms with Gasteiger partial charge in [-0.3, -0.25) is 4.79 Å². The van der Waals surface area contributed by atoms with Crippen LogP contribution in [0.25, 0.3) is 0 Å². The van der Waals surface area contributed by atoms with Crippen LogP contribution in [-0.2, 0) is 9.53 Å². The minimum absolute atomic E-state index is 0.205. The molecular formula is C9H16N2O2. The summed E-state index contributed by atoms with van der Waals surface area (Å²) in [5, 5.41) is 0. The highest BCUT2D eigenvalue weighted by Crippen LogP contribution is 2.29. The smallest absolute Gasteiger partial charge is 0.223 e. The van der Waals surface area contributed by atoms with Crippen molar-refractivity contribution in [3.8, 4) is 0 Å². The third kappa shape index (κ3) is 1.69. The van der Waals surface area contributed by atoms with Crippen LogP contribution in [0.3, 0.4) is 0 Å². The molecule has 0 radical (unpaired) electrons. The van der Waals surface area contributed by atoms with Gasteiger partial charge in [0.1, 0.15) is 0 Å². The van der Waals surface area contributed by atoms with Crippen LogP contribution in [0.5, 0.6) is 0 Å². The average Bonchev–Trinajstić information content (AvgIpc) is 2.61. The predicted octanol–water partition coefficient (Wildman–Crippen LogP) is -0.560. The third-order valence-electron chi connectivity index (χ3n) is 2.95. The van der Waals surface area contributed by atoms with E-state index in [0.717, 1.165) is 26.3 Å². The number of hydrogen-bond donors (Lipinski definition) is 1. The first kappa shape index (κ1) is 8.97. The highest BCUT2D eigenvalue weighted by Gasteiger charge is 2.38. The third-order valence-corrected chi connectivity index (χ3v) is 2.95. The lowest BCUT2D eigenvalue weighted by molar-refractivity contribution is -0.130. The molecule has 0 bridgehead atoms. The van der Waals surface area contributed by atoms with E-state index in [2.05, 4.69) is 0 Å². The Morgan fingerprint density at radius 2 is 2.00 bits per heavy atom. The van der Waals surface area contributed by atoms with E-state index in [0.29, 0.717) is 24.8 Å². The molecule has 0 spiro atoms. The average molecular weight is 184 g/mol. The van der Waals surface area contributed by atoms with Crippen LogP contribution < -0.4 is 5.73 Å². The molecule has 2 heterocycles. The molecule has 0 aromatic carbocycles. The summed E-state index contributed by atoms with van der Waals surface area (Å²) in [6, 6.07) is 0. The molecule has 4 heteroatoms. The van der Waals surface area contributed by atoms with Gasteiger partial charge in [-0.15, -0.1) is 0 Å². The van der Waals surface area contributed by atoms with E-state index in [1.54, 1.807) is 0 Å². The number of ether oxygens (including phenoxy) is 1. The molecule has 13 heavy (non-hydrogen) atoms. The molecule has 74 valence electrons. The zero-order chi connectivity index (χ0) is 9.26. The second-order valence-corrected chi connectivity index (χ2v) is 3.90. The van der Waals surface area contributed by atoms with Gasteiger partial charge in [-0.2, -0.15) is 0 Å². The maximum atomic E-state index is 11.5. The van der Waals surface area contributed by atoms with E-state index >= 15 is 0 Å². The molecule has 0 unspecified atom stereocenters. The van der Waals surface area contributed by atoms with Crippen molar-refractivity contribution in [3.05, 3.63) is 0 Å². The van der Waals surface area contributed by atoms with Crippen molar-refractivity contribution >= 4 is 5.91 Å². The van der Waals surface area contributed by atoms with Gasteiger partial charge in [-0.05, 0) is 0 Å². The van der Waals surface area contributed by atoms with Gasteiger partial charge in [-0.1, -0.05) is 0 Å². The Labute approximate surface area is 78.0 Å². The maximum absolute atomic E-state index is 11.5. The molecule has 2 saturated heterocycles. The number of likely N-dealkylation sites (tertiary alicyclic amines) is 1. The molecule has 0 aromatic rings. The summed E-state index contributed by atoms with van der Waals surface area (Å²) >= 11 is 0. The standard InChI is InChI=1S/C9H16N2O2/c10-2-1-9(12)11-3-7-5-13-6-8(7)4-11/h7-8H,1-6,10H2/t7-,8-/m0/s1. The van der Waals surface area contributed by atoms with Crippen molar-refractivity contribution in [1.82, 2.24) is 4.90 Å². The van der Waals surface area contributed by atoms with Gasteiger partial charge in [0.25, 0.3) is 0 Å². The molecule has 1 amide bonds. The highest BCUT2D eigenvalue weighted by atomic mass is 16.5. The maximum Gasteiger partial charge on any atom is 0.223 e. The molecule has 2 rings (SSSR count). The molecule has 4 nitrogen and oxygen atoms in total. The van der Waals surface area contributed by atoms with Gasteiger partial charge < -0.3 is 15.4 Å². The van der Waals surface area contributed by atoms with Crippen LogP contribution in [0.1, 0.15) is 6.42 Å². The van der Waals surface area contributed by atoms with Crippen molar-refractivity contribution in [2.75, 3.05) is 32.8 Å². The fourth-order valence-corrected chi connectivity index (χ4v) is 2.17. The molecule has 2 N–H and O–H groups in total. The minimum Gasteiger partial charge on any atom is -0.381 e. The lowest BCUT2D eigenvalue weighted by Crippen LogP contribution is -2.31. The van der Waals surface area contributed by atoms with Crippen LogP contribution in [0.15, 0.2) is 0 Å². The zero-order valence-corrected chi connectivity index (χ0v) is 7.74. The summed E-state index contributed by atoms with van der Waals surface area (Å²) in [6.07, 6.45) is 0.486. The molecule has 0 aliphatic carbocycles. The predicted molar refractivity (Wildman–Crippen MR) is 48.1 cm³/mol. The number of nitrogens with two attached hydrogens (primary N) is 1. The number of rotatable bonds is 2. The van der Waals surface area contributed by atoms with E-state index in [1.165, 1.54) is 0 Å².